The lowest BCUT2D eigenvalue weighted by Gasteiger charge is -2.11. The van der Waals surface area contributed by atoms with Crippen molar-refractivity contribution in [1.82, 2.24) is 10.6 Å². The van der Waals surface area contributed by atoms with Gasteiger partial charge in [-0.1, -0.05) is 12.1 Å². The molecule has 0 bridgehead atoms. The Balaban J connectivity index is 0.00000220. The van der Waals surface area contributed by atoms with E-state index in [1.54, 1.807) is 19.2 Å². The Morgan fingerprint density at radius 2 is 1.86 bits per heavy atom. The van der Waals surface area contributed by atoms with Gasteiger partial charge in [0.2, 0.25) is 0 Å². The lowest BCUT2D eigenvalue weighted by Crippen LogP contribution is -2.37. The summed E-state index contributed by atoms with van der Waals surface area (Å²) in [5.41, 5.74) is 1.02. The summed E-state index contributed by atoms with van der Waals surface area (Å²) in [5, 5.41) is 6.50. The van der Waals surface area contributed by atoms with Crippen molar-refractivity contribution in [2.75, 3.05) is 19.8 Å². The van der Waals surface area contributed by atoms with E-state index in [1.807, 2.05) is 12.1 Å². The Morgan fingerprint density at radius 1 is 1.24 bits per heavy atom. The number of rotatable bonds is 5. The molecule has 0 radical (unpaired) electrons. The Labute approximate surface area is 143 Å². The lowest BCUT2D eigenvalue weighted by atomic mass is 10.2. The molecule has 0 saturated heterocycles. The average Bonchev–Trinajstić information content (AvgIpc) is 3.22. The smallest absolute Gasteiger partial charge is 0.191 e. The predicted octanol–water partition coefficient (Wildman–Crippen LogP) is 1.78. The zero-order valence-electron chi connectivity index (χ0n) is 12.3. The number of hydrogen-bond donors (Lipinski definition) is 2. The van der Waals surface area contributed by atoms with Crippen molar-refractivity contribution in [2.24, 2.45) is 10.9 Å². The fraction of sp³-hybridized carbons (Fsp3) is 0.500. The van der Waals surface area contributed by atoms with Gasteiger partial charge in [0.05, 0.1) is 4.90 Å². The van der Waals surface area contributed by atoms with Crippen molar-refractivity contribution >= 4 is 39.8 Å². The summed E-state index contributed by atoms with van der Waals surface area (Å²) in [4.78, 5) is 4.50. The maximum atomic E-state index is 11.4. The van der Waals surface area contributed by atoms with Gasteiger partial charge in [0.15, 0.2) is 15.8 Å². The third-order valence-electron chi connectivity index (χ3n) is 3.29. The highest BCUT2D eigenvalue weighted by atomic mass is 127. The summed E-state index contributed by atoms with van der Waals surface area (Å²) in [5.74, 6) is 1.58. The minimum absolute atomic E-state index is 0. The fourth-order valence-corrected chi connectivity index (χ4v) is 2.45. The number of aliphatic imine (C=N–C) groups is 1. The zero-order valence-corrected chi connectivity index (χ0v) is 15.4. The van der Waals surface area contributed by atoms with Crippen molar-refractivity contribution in [1.29, 1.82) is 0 Å². The normalized spacial score (nSPS) is 15.2. The van der Waals surface area contributed by atoms with E-state index in [2.05, 4.69) is 15.6 Å². The van der Waals surface area contributed by atoms with E-state index in [-0.39, 0.29) is 24.0 Å². The first kappa shape index (κ1) is 18.2. The minimum atomic E-state index is -3.12. The van der Waals surface area contributed by atoms with Crippen LogP contribution in [-0.4, -0.2) is 34.2 Å². The second-order valence-corrected chi connectivity index (χ2v) is 7.18. The number of nitrogens with zero attached hydrogens (tertiary/aromatic N) is 1. The molecule has 1 saturated carbocycles. The van der Waals surface area contributed by atoms with Crippen LogP contribution < -0.4 is 10.6 Å². The number of hydrogen-bond acceptors (Lipinski definition) is 3. The molecule has 1 aliphatic carbocycles. The van der Waals surface area contributed by atoms with Gasteiger partial charge in [0, 0.05) is 26.4 Å². The Hall–Kier alpha value is -0.830. The van der Waals surface area contributed by atoms with E-state index in [4.69, 9.17) is 0 Å². The molecule has 5 nitrogen and oxygen atoms in total. The van der Waals surface area contributed by atoms with Gasteiger partial charge < -0.3 is 10.6 Å². The molecule has 0 unspecified atom stereocenters. The molecule has 1 fully saturated rings. The quantitative estimate of drug-likeness (QED) is 0.431. The van der Waals surface area contributed by atoms with E-state index >= 15 is 0 Å². The van der Waals surface area contributed by atoms with E-state index < -0.39 is 9.84 Å². The third-order valence-corrected chi connectivity index (χ3v) is 4.42. The van der Waals surface area contributed by atoms with Crippen molar-refractivity contribution in [3.8, 4) is 0 Å². The summed E-state index contributed by atoms with van der Waals surface area (Å²) < 4.78 is 22.7. The highest BCUT2D eigenvalue weighted by Crippen LogP contribution is 2.27. The number of nitrogens with one attached hydrogen (secondary N) is 2. The first-order valence-corrected chi connectivity index (χ1v) is 8.61. The van der Waals surface area contributed by atoms with Crippen LogP contribution in [0, 0.1) is 5.92 Å². The highest BCUT2D eigenvalue weighted by Gasteiger charge is 2.20. The molecule has 0 aromatic heterocycles. The molecule has 1 aromatic rings. The molecule has 2 rings (SSSR count). The van der Waals surface area contributed by atoms with Gasteiger partial charge in [-0.05, 0) is 36.5 Å². The Kier molecular flexibility index (Phi) is 6.92. The molecule has 2 N–H and O–H groups in total. The van der Waals surface area contributed by atoms with E-state index in [1.165, 1.54) is 19.1 Å². The number of guanidine groups is 1. The molecule has 1 aliphatic rings. The highest BCUT2D eigenvalue weighted by molar-refractivity contribution is 14.0. The van der Waals surface area contributed by atoms with Crippen LogP contribution in [0.5, 0.6) is 0 Å². The molecular weight excluding hydrogens is 401 g/mol. The zero-order chi connectivity index (χ0) is 14.6. The van der Waals surface area contributed by atoms with Crippen molar-refractivity contribution in [3.63, 3.8) is 0 Å². The molecule has 21 heavy (non-hydrogen) atoms. The molecule has 0 amide bonds. The standard InChI is InChI=1S/C14H21N3O2S.HI/c1-15-14(16-9-11-3-4-11)17-10-12-5-7-13(8-6-12)20(2,18)19;/h5-8,11H,3-4,9-10H2,1-2H3,(H2,15,16,17);1H. The summed E-state index contributed by atoms with van der Waals surface area (Å²) in [6, 6.07) is 6.90. The van der Waals surface area contributed by atoms with Gasteiger partial charge in [-0.3, -0.25) is 4.99 Å². The number of halogens is 1. The molecule has 118 valence electrons. The molecule has 0 aliphatic heterocycles. The summed E-state index contributed by atoms with van der Waals surface area (Å²) >= 11 is 0. The lowest BCUT2D eigenvalue weighted by molar-refractivity contribution is 0.602. The van der Waals surface area contributed by atoms with Gasteiger partial charge in [-0.25, -0.2) is 8.42 Å². The van der Waals surface area contributed by atoms with Crippen LogP contribution in [0.1, 0.15) is 18.4 Å². The van der Waals surface area contributed by atoms with E-state index in [0.29, 0.717) is 11.4 Å². The second-order valence-electron chi connectivity index (χ2n) is 5.17. The topological polar surface area (TPSA) is 70.6 Å². The second kappa shape index (κ2) is 7.98. The molecular formula is C14H22IN3O2S. The first-order chi connectivity index (χ1) is 9.49. The van der Waals surface area contributed by atoms with E-state index in [0.717, 1.165) is 24.0 Å². The maximum Gasteiger partial charge on any atom is 0.191 e. The van der Waals surface area contributed by atoms with Crippen LogP contribution in [0.3, 0.4) is 0 Å². The first-order valence-electron chi connectivity index (χ1n) is 6.72. The molecule has 1 aromatic carbocycles. The Bertz CT molecular complexity index is 581. The predicted molar refractivity (Wildman–Crippen MR) is 95.9 cm³/mol. The van der Waals surface area contributed by atoms with Crippen LogP contribution in [0.2, 0.25) is 0 Å². The van der Waals surface area contributed by atoms with Crippen LogP contribution in [0.25, 0.3) is 0 Å². The van der Waals surface area contributed by atoms with Crippen molar-refractivity contribution in [2.45, 2.75) is 24.3 Å². The third kappa shape index (κ3) is 6.21. The largest absolute Gasteiger partial charge is 0.356 e. The van der Waals surface area contributed by atoms with E-state index in [9.17, 15) is 8.42 Å². The fourth-order valence-electron chi connectivity index (χ4n) is 1.82. The molecule has 7 heteroatoms. The maximum absolute atomic E-state index is 11.4. The minimum Gasteiger partial charge on any atom is -0.356 e. The monoisotopic (exact) mass is 423 g/mol. The summed E-state index contributed by atoms with van der Waals surface area (Å²) in [7, 11) is -1.38. The van der Waals surface area contributed by atoms with Gasteiger partial charge in [-0.2, -0.15) is 0 Å². The molecule has 0 heterocycles. The average molecular weight is 423 g/mol. The Morgan fingerprint density at radius 3 is 2.33 bits per heavy atom. The summed E-state index contributed by atoms with van der Waals surface area (Å²) in [6.07, 6.45) is 3.82. The van der Waals surface area contributed by atoms with Gasteiger partial charge >= 0.3 is 0 Å². The summed E-state index contributed by atoms with van der Waals surface area (Å²) in [6.45, 7) is 1.58. The van der Waals surface area contributed by atoms with Gasteiger partial charge in [0.1, 0.15) is 0 Å². The molecule has 0 atom stereocenters. The number of sulfone groups is 1. The number of benzene rings is 1. The van der Waals surface area contributed by atoms with Gasteiger partial charge in [-0.15, -0.1) is 24.0 Å². The SMILES string of the molecule is CN=C(NCc1ccc(S(C)(=O)=O)cc1)NCC1CC1.I. The van der Waals surface area contributed by atoms with Gasteiger partial charge in [0.25, 0.3) is 0 Å². The van der Waals surface area contributed by atoms with Crippen molar-refractivity contribution < 1.29 is 8.42 Å². The van der Waals surface area contributed by atoms with Crippen LogP contribution in [0.4, 0.5) is 0 Å². The van der Waals surface area contributed by atoms with Crippen LogP contribution in [0.15, 0.2) is 34.2 Å². The van der Waals surface area contributed by atoms with Crippen molar-refractivity contribution in [3.05, 3.63) is 29.8 Å². The van der Waals surface area contributed by atoms with Crippen LogP contribution in [-0.2, 0) is 16.4 Å². The van der Waals surface area contributed by atoms with Crippen LogP contribution >= 0.6 is 24.0 Å². The molecule has 0 spiro atoms.